The molecule has 2 N–H and O–H groups in total. The molecule has 0 aromatic heterocycles. The predicted octanol–water partition coefficient (Wildman–Crippen LogP) is 4.40. The van der Waals surface area contributed by atoms with Crippen LogP contribution in [-0.2, 0) is 6.54 Å². The first-order valence-corrected chi connectivity index (χ1v) is 7.78. The highest BCUT2D eigenvalue weighted by Gasteiger charge is 2.13. The Balaban J connectivity index is 2.06. The van der Waals surface area contributed by atoms with Crippen LogP contribution in [0.1, 0.15) is 30.5 Å². The molecule has 4 heteroatoms. The predicted molar refractivity (Wildman–Crippen MR) is 88.7 cm³/mol. The van der Waals surface area contributed by atoms with Gasteiger partial charge in [0.1, 0.15) is 11.5 Å². The topological polar surface area (TPSA) is 41.5 Å². The first kappa shape index (κ1) is 15.9. The molecule has 0 aliphatic carbocycles. The van der Waals surface area contributed by atoms with Gasteiger partial charge in [0.05, 0.1) is 7.11 Å². The van der Waals surface area contributed by atoms with Crippen molar-refractivity contribution in [1.29, 1.82) is 0 Å². The molecule has 0 bridgehead atoms. The molecule has 2 aromatic rings. The maximum absolute atomic E-state index is 10.0. The lowest BCUT2D eigenvalue weighted by molar-refractivity contribution is 0.414. The Morgan fingerprint density at radius 2 is 1.90 bits per heavy atom. The van der Waals surface area contributed by atoms with Crippen LogP contribution < -0.4 is 10.1 Å². The number of phenols is 1. The standard InChI is InChI=1S/C17H20BrNO2/c1-3-16(15-10-13(18)6-9-17(15)20)19-11-12-4-7-14(21-2)8-5-12/h4-10,16,19-20H,3,11H2,1-2H3. The molecule has 1 atom stereocenters. The van der Waals surface area contributed by atoms with E-state index >= 15 is 0 Å². The number of phenolic OH excluding ortho intramolecular Hbond substituents is 1. The Morgan fingerprint density at radius 1 is 1.19 bits per heavy atom. The summed E-state index contributed by atoms with van der Waals surface area (Å²) in [6.07, 6.45) is 0.903. The van der Waals surface area contributed by atoms with Gasteiger partial charge < -0.3 is 15.2 Å². The second-order valence-electron chi connectivity index (χ2n) is 4.89. The lowest BCUT2D eigenvalue weighted by Gasteiger charge is -2.19. The molecule has 3 nitrogen and oxygen atoms in total. The minimum Gasteiger partial charge on any atom is -0.508 e. The number of methoxy groups -OCH3 is 1. The van der Waals surface area contributed by atoms with E-state index in [0.29, 0.717) is 5.75 Å². The maximum atomic E-state index is 10.0. The van der Waals surface area contributed by atoms with Crippen molar-refractivity contribution in [3.05, 3.63) is 58.1 Å². The highest BCUT2D eigenvalue weighted by molar-refractivity contribution is 9.10. The van der Waals surface area contributed by atoms with Crippen molar-refractivity contribution in [2.75, 3.05) is 7.11 Å². The monoisotopic (exact) mass is 349 g/mol. The number of aromatic hydroxyl groups is 1. The quantitative estimate of drug-likeness (QED) is 0.811. The zero-order valence-electron chi connectivity index (χ0n) is 12.3. The van der Waals surface area contributed by atoms with Crippen LogP contribution in [0.4, 0.5) is 0 Å². The minimum atomic E-state index is 0.115. The van der Waals surface area contributed by atoms with Crippen LogP contribution in [0.3, 0.4) is 0 Å². The molecular formula is C17H20BrNO2. The molecule has 0 heterocycles. The van der Waals surface area contributed by atoms with Crippen LogP contribution in [0, 0.1) is 0 Å². The van der Waals surface area contributed by atoms with E-state index in [9.17, 15) is 5.11 Å². The normalized spacial score (nSPS) is 12.1. The SMILES string of the molecule is CCC(NCc1ccc(OC)cc1)c1cc(Br)ccc1O. The molecule has 112 valence electrons. The zero-order chi connectivity index (χ0) is 15.2. The van der Waals surface area contributed by atoms with Crippen molar-refractivity contribution in [1.82, 2.24) is 5.32 Å². The van der Waals surface area contributed by atoms with E-state index in [1.807, 2.05) is 36.4 Å². The average molecular weight is 350 g/mol. The number of rotatable bonds is 6. The van der Waals surface area contributed by atoms with Crippen molar-refractivity contribution >= 4 is 15.9 Å². The van der Waals surface area contributed by atoms with Gasteiger partial charge in [-0.05, 0) is 42.3 Å². The van der Waals surface area contributed by atoms with E-state index < -0.39 is 0 Å². The molecule has 0 saturated carbocycles. The third-order valence-corrected chi connectivity index (χ3v) is 3.98. The van der Waals surface area contributed by atoms with Crippen LogP contribution in [0.2, 0.25) is 0 Å². The van der Waals surface area contributed by atoms with Gasteiger partial charge in [-0.2, -0.15) is 0 Å². The number of hydrogen-bond donors (Lipinski definition) is 2. The van der Waals surface area contributed by atoms with Crippen molar-refractivity contribution < 1.29 is 9.84 Å². The first-order valence-electron chi connectivity index (χ1n) is 6.98. The van der Waals surface area contributed by atoms with Crippen LogP contribution in [0.5, 0.6) is 11.5 Å². The molecule has 21 heavy (non-hydrogen) atoms. The highest BCUT2D eigenvalue weighted by atomic mass is 79.9. The Bertz CT molecular complexity index is 584. The summed E-state index contributed by atoms with van der Waals surface area (Å²) >= 11 is 3.45. The largest absolute Gasteiger partial charge is 0.508 e. The van der Waals surface area contributed by atoms with Crippen molar-refractivity contribution in [3.63, 3.8) is 0 Å². The number of benzene rings is 2. The fourth-order valence-electron chi connectivity index (χ4n) is 2.26. The Labute approximate surface area is 134 Å². The zero-order valence-corrected chi connectivity index (χ0v) is 13.9. The summed E-state index contributed by atoms with van der Waals surface area (Å²) < 4.78 is 6.13. The van der Waals surface area contributed by atoms with Gasteiger partial charge in [-0.25, -0.2) is 0 Å². The molecule has 0 amide bonds. The summed E-state index contributed by atoms with van der Waals surface area (Å²) in [7, 11) is 1.66. The average Bonchev–Trinajstić information content (AvgIpc) is 2.51. The number of nitrogens with one attached hydrogen (secondary N) is 1. The van der Waals surface area contributed by atoms with E-state index in [2.05, 4.69) is 28.2 Å². The van der Waals surface area contributed by atoms with Crippen LogP contribution in [-0.4, -0.2) is 12.2 Å². The van der Waals surface area contributed by atoms with Gasteiger partial charge in [0.25, 0.3) is 0 Å². The summed E-state index contributed by atoms with van der Waals surface area (Å²) in [5, 5.41) is 13.5. The Hall–Kier alpha value is -1.52. The van der Waals surface area contributed by atoms with Crippen molar-refractivity contribution in [2.24, 2.45) is 0 Å². The molecule has 0 saturated heterocycles. The molecule has 1 unspecified atom stereocenters. The fourth-order valence-corrected chi connectivity index (χ4v) is 2.64. The van der Waals surface area contributed by atoms with E-state index in [4.69, 9.17) is 4.74 Å². The van der Waals surface area contributed by atoms with Gasteiger partial charge >= 0.3 is 0 Å². The molecular weight excluding hydrogens is 330 g/mol. The molecule has 2 aromatic carbocycles. The summed E-state index contributed by atoms with van der Waals surface area (Å²) in [6.45, 7) is 2.85. The van der Waals surface area contributed by atoms with Gasteiger partial charge in [0, 0.05) is 22.6 Å². The maximum Gasteiger partial charge on any atom is 0.120 e. The van der Waals surface area contributed by atoms with E-state index in [1.54, 1.807) is 13.2 Å². The fraction of sp³-hybridized carbons (Fsp3) is 0.294. The third kappa shape index (κ3) is 4.22. The number of hydrogen-bond acceptors (Lipinski definition) is 3. The van der Waals surface area contributed by atoms with Gasteiger partial charge in [0.2, 0.25) is 0 Å². The second-order valence-corrected chi connectivity index (χ2v) is 5.81. The van der Waals surface area contributed by atoms with Gasteiger partial charge in [-0.1, -0.05) is 35.0 Å². The summed E-state index contributed by atoms with van der Waals surface area (Å²) in [5.41, 5.74) is 2.10. The van der Waals surface area contributed by atoms with Gasteiger partial charge in [0.15, 0.2) is 0 Å². The molecule has 0 aliphatic rings. The Morgan fingerprint density at radius 3 is 2.52 bits per heavy atom. The first-order chi connectivity index (χ1) is 10.1. The van der Waals surface area contributed by atoms with E-state index in [-0.39, 0.29) is 6.04 Å². The molecule has 0 spiro atoms. The third-order valence-electron chi connectivity index (χ3n) is 3.48. The molecule has 0 radical (unpaired) electrons. The van der Waals surface area contributed by atoms with Crippen LogP contribution in [0.25, 0.3) is 0 Å². The molecule has 2 rings (SSSR count). The minimum absolute atomic E-state index is 0.115. The lowest BCUT2D eigenvalue weighted by atomic mass is 10.0. The van der Waals surface area contributed by atoms with Crippen molar-refractivity contribution in [2.45, 2.75) is 25.9 Å². The van der Waals surface area contributed by atoms with Crippen LogP contribution >= 0.6 is 15.9 Å². The number of ether oxygens (including phenoxy) is 1. The van der Waals surface area contributed by atoms with E-state index in [0.717, 1.165) is 28.8 Å². The number of halogens is 1. The smallest absolute Gasteiger partial charge is 0.120 e. The second kappa shape index (κ2) is 7.48. The van der Waals surface area contributed by atoms with E-state index in [1.165, 1.54) is 5.56 Å². The van der Waals surface area contributed by atoms with Crippen molar-refractivity contribution in [3.8, 4) is 11.5 Å². The Kier molecular flexibility index (Phi) is 5.65. The van der Waals surface area contributed by atoms with Gasteiger partial charge in [-0.15, -0.1) is 0 Å². The highest BCUT2D eigenvalue weighted by Crippen LogP contribution is 2.29. The van der Waals surface area contributed by atoms with Gasteiger partial charge in [-0.3, -0.25) is 0 Å². The lowest BCUT2D eigenvalue weighted by Crippen LogP contribution is -2.20. The molecule has 0 aliphatic heterocycles. The summed E-state index contributed by atoms with van der Waals surface area (Å²) in [5.74, 6) is 1.18. The molecule has 0 fully saturated rings. The summed E-state index contributed by atoms with van der Waals surface area (Å²) in [4.78, 5) is 0. The van der Waals surface area contributed by atoms with Crippen LogP contribution in [0.15, 0.2) is 46.9 Å². The summed E-state index contributed by atoms with van der Waals surface area (Å²) in [6, 6.07) is 13.6.